The molecule has 0 atom stereocenters. The van der Waals surface area contributed by atoms with Crippen LogP contribution in [0.1, 0.15) is 11.1 Å². The highest BCUT2D eigenvalue weighted by molar-refractivity contribution is 5.41. The molecule has 0 fully saturated rings. The number of rotatable bonds is 8. The molecule has 0 aliphatic heterocycles. The van der Waals surface area contributed by atoms with E-state index in [0.717, 1.165) is 28.3 Å². The molecular weight excluding hydrogens is 312 g/mol. The number of ether oxygens (including phenoxy) is 2. The molecule has 0 bridgehead atoms. The van der Waals surface area contributed by atoms with Crippen molar-refractivity contribution in [3.8, 4) is 11.5 Å². The lowest BCUT2D eigenvalue weighted by atomic mass is 10.2. The molecule has 0 aliphatic rings. The van der Waals surface area contributed by atoms with Crippen molar-refractivity contribution in [3.63, 3.8) is 0 Å². The van der Waals surface area contributed by atoms with Gasteiger partial charge in [0.2, 0.25) is 0 Å². The molecule has 0 amide bonds. The summed E-state index contributed by atoms with van der Waals surface area (Å²) in [5.74, 6) is 1.69. The lowest BCUT2D eigenvalue weighted by Gasteiger charge is -2.11. The number of hydrogen-bond acceptors (Lipinski definition) is 4. The first kappa shape index (κ1) is 16.9. The molecule has 0 aliphatic carbocycles. The van der Waals surface area contributed by atoms with Crippen molar-refractivity contribution in [2.45, 2.75) is 13.2 Å². The molecule has 0 heterocycles. The van der Waals surface area contributed by atoms with Gasteiger partial charge in [-0.25, -0.2) is 5.43 Å². The number of nitrogens with one attached hydrogen (secondary N) is 2. The minimum Gasteiger partial charge on any atom is -0.497 e. The van der Waals surface area contributed by atoms with Crippen LogP contribution >= 0.6 is 0 Å². The Morgan fingerprint density at radius 3 is 2.28 bits per heavy atom. The summed E-state index contributed by atoms with van der Waals surface area (Å²) in [6.45, 7) is 1.21. The van der Waals surface area contributed by atoms with Crippen LogP contribution in [0.5, 0.6) is 11.5 Å². The summed E-state index contributed by atoms with van der Waals surface area (Å²) >= 11 is 0. The van der Waals surface area contributed by atoms with Crippen LogP contribution in [0.2, 0.25) is 0 Å². The van der Waals surface area contributed by atoms with E-state index in [0.29, 0.717) is 13.2 Å². The fraction of sp³-hybridized carbons (Fsp3) is 0.143. The number of anilines is 1. The van der Waals surface area contributed by atoms with E-state index in [-0.39, 0.29) is 0 Å². The van der Waals surface area contributed by atoms with Crippen LogP contribution in [0.15, 0.2) is 78.9 Å². The Kier molecular flexibility index (Phi) is 5.91. The second-order valence-electron chi connectivity index (χ2n) is 5.63. The highest BCUT2D eigenvalue weighted by Gasteiger charge is 2.00. The van der Waals surface area contributed by atoms with Gasteiger partial charge in [0.05, 0.1) is 7.11 Å². The molecule has 0 aromatic heterocycles. The predicted molar refractivity (Wildman–Crippen MR) is 101 cm³/mol. The minimum atomic E-state index is 0.510. The Balaban J connectivity index is 1.52. The monoisotopic (exact) mass is 334 g/mol. The van der Waals surface area contributed by atoms with Crippen molar-refractivity contribution in [3.05, 3.63) is 90.0 Å². The number of hydrazine groups is 1. The van der Waals surface area contributed by atoms with Crippen LogP contribution in [0.4, 0.5) is 5.69 Å². The number of methoxy groups -OCH3 is 1. The fourth-order valence-corrected chi connectivity index (χ4v) is 2.44. The Hall–Kier alpha value is -2.98. The van der Waals surface area contributed by atoms with Crippen molar-refractivity contribution in [2.75, 3.05) is 12.5 Å². The molecule has 0 saturated carbocycles. The van der Waals surface area contributed by atoms with Crippen LogP contribution in [-0.2, 0) is 13.2 Å². The average molecular weight is 334 g/mol. The minimum absolute atomic E-state index is 0.510. The lowest BCUT2D eigenvalue weighted by molar-refractivity contribution is 0.305. The van der Waals surface area contributed by atoms with E-state index < -0.39 is 0 Å². The maximum absolute atomic E-state index is 5.89. The second-order valence-corrected chi connectivity index (χ2v) is 5.63. The average Bonchev–Trinajstić information content (AvgIpc) is 2.68. The topological polar surface area (TPSA) is 42.5 Å². The normalized spacial score (nSPS) is 10.3. The molecule has 0 saturated heterocycles. The van der Waals surface area contributed by atoms with E-state index in [1.807, 2.05) is 72.8 Å². The SMILES string of the molecule is COc1cccc(COc2cccc(CNNc3ccccc3)c2)c1. The smallest absolute Gasteiger partial charge is 0.120 e. The van der Waals surface area contributed by atoms with Crippen LogP contribution in [0.3, 0.4) is 0 Å². The summed E-state index contributed by atoms with van der Waals surface area (Å²) in [5.41, 5.74) is 9.65. The van der Waals surface area contributed by atoms with E-state index in [1.54, 1.807) is 7.11 Å². The van der Waals surface area contributed by atoms with Crippen molar-refractivity contribution >= 4 is 5.69 Å². The van der Waals surface area contributed by atoms with Gasteiger partial charge in [-0.2, -0.15) is 0 Å². The van der Waals surface area contributed by atoms with Crippen LogP contribution in [0, 0.1) is 0 Å². The van der Waals surface area contributed by atoms with Crippen molar-refractivity contribution < 1.29 is 9.47 Å². The van der Waals surface area contributed by atoms with Gasteiger partial charge in [0.15, 0.2) is 0 Å². The summed E-state index contributed by atoms with van der Waals surface area (Å²) in [5, 5.41) is 0. The van der Waals surface area contributed by atoms with Gasteiger partial charge in [-0.3, -0.25) is 0 Å². The third-order valence-corrected chi connectivity index (χ3v) is 3.74. The fourth-order valence-electron chi connectivity index (χ4n) is 2.44. The van der Waals surface area contributed by atoms with Gasteiger partial charge in [-0.1, -0.05) is 42.5 Å². The van der Waals surface area contributed by atoms with Gasteiger partial charge in [-0.15, -0.1) is 0 Å². The van der Waals surface area contributed by atoms with Gasteiger partial charge >= 0.3 is 0 Å². The zero-order valence-electron chi connectivity index (χ0n) is 14.2. The van der Waals surface area contributed by atoms with E-state index in [4.69, 9.17) is 9.47 Å². The van der Waals surface area contributed by atoms with Gasteiger partial charge in [0.1, 0.15) is 18.1 Å². The van der Waals surface area contributed by atoms with Gasteiger partial charge in [-0.05, 0) is 47.5 Å². The maximum atomic E-state index is 5.89. The quantitative estimate of drug-likeness (QED) is 0.600. The van der Waals surface area contributed by atoms with Gasteiger partial charge < -0.3 is 14.9 Å². The number of benzene rings is 3. The standard InChI is InChI=1S/C21H22N2O2/c1-24-20-11-6-8-18(14-20)16-25-21-12-5-7-17(13-21)15-22-23-19-9-3-2-4-10-19/h2-14,22-23H,15-16H2,1H3. The van der Waals surface area contributed by atoms with E-state index in [9.17, 15) is 0 Å². The first-order valence-corrected chi connectivity index (χ1v) is 8.22. The third kappa shape index (κ3) is 5.26. The largest absolute Gasteiger partial charge is 0.497 e. The summed E-state index contributed by atoms with van der Waals surface area (Å²) in [4.78, 5) is 0. The van der Waals surface area contributed by atoms with Crippen molar-refractivity contribution in [1.29, 1.82) is 0 Å². The molecule has 3 rings (SSSR count). The lowest BCUT2D eigenvalue weighted by Crippen LogP contribution is -2.20. The molecule has 2 N–H and O–H groups in total. The molecule has 4 nitrogen and oxygen atoms in total. The van der Waals surface area contributed by atoms with E-state index in [2.05, 4.69) is 16.9 Å². The zero-order valence-corrected chi connectivity index (χ0v) is 14.2. The molecule has 0 unspecified atom stereocenters. The Labute approximate surface area is 148 Å². The van der Waals surface area contributed by atoms with Gasteiger partial charge in [0.25, 0.3) is 0 Å². The first-order valence-electron chi connectivity index (χ1n) is 8.22. The first-order chi connectivity index (χ1) is 12.3. The van der Waals surface area contributed by atoms with Crippen molar-refractivity contribution in [1.82, 2.24) is 5.43 Å². The maximum Gasteiger partial charge on any atom is 0.120 e. The molecule has 4 heteroatoms. The number of para-hydroxylation sites is 1. The highest BCUT2D eigenvalue weighted by Crippen LogP contribution is 2.17. The van der Waals surface area contributed by atoms with Crippen LogP contribution < -0.4 is 20.3 Å². The summed E-state index contributed by atoms with van der Waals surface area (Å²) in [6, 6.07) is 26.0. The molecule has 3 aromatic rings. The van der Waals surface area contributed by atoms with Crippen molar-refractivity contribution in [2.24, 2.45) is 0 Å². The molecule has 128 valence electrons. The van der Waals surface area contributed by atoms with Gasteiger partial charge in [0, 0.05) is 12.2 Å². The van der Waals surface area contributed by atoms with E-state index in [1.165, 1.54) is 0 Å². The summed E-state index contributed by atoms with van der Waals surface area (Å²) < 4.78 is 11.1. The van der Waals surface area contributed by atoms with Crippen LogP contribution in [0.25, 0.3) is 0 Å². The molecule has 25 heavy (non-hydrogen) atoms. The molecule has 0 spiro atoms. The summed E-state index contributed by atoms with van der Waals surface area (Å²) in [7, 11) is 1.67. The highest BCUT2D eigenvalue weighted by atomic mass is 16.5. The number of hydrogen-bond donors (Lipinski definition) is 2. The molecular formula is C21H22N2O2. The Morgan fingerprint density at radius 1 is 0.760 bits per heavy atom. The Morgan fingerprint density at radius 2 is 1.48 bits per heavy atom. The third-order valence-electron chi connectivity index (χ3n) is 3.74. The van der Waals surface area contributed by atoms with Crippen LogP contribution in [-0.4, -0.2) is 7.11 Å². The molecule has 0 radical (unpaired) electrons. The molecule has 3 aromatic carbocycles. The second kappa shape index (κ2) is 8.76. The summed E-state index contributed by atoms with van der Waals surface area (Å²) in [6.07, 6.45) is 0. The Bertz CT molecular complexity index is 791. The zero-order chi connectivity index (χ0) is 17.3. The predicted octanol–water partition coefficient (Wildman–Crippen LogP) is 4.39. The van der Waals surface area contributed by atoms with E-state index >= 15 is 0 Å².